The Balaban J connectivity index is 1.86. The number of methoxy groups -OCH3 is 1. The van der Waals surface area contributed by atoms with Crippen LogP contribution in [0.4, 0.5) is 4.79 Å². The highest BCUT2D eigenvalue weighted by Crippen LogP contribution is 2.24. The lowest BCUT2D eigenvalue weighted by Crippen LogP contribution is -2.43. The van der Waals surface area contributed by atoms with E-state index in [1.807, 2.05) is 0 Å². The van der Waals surface area contributed by atoms with Crippen molar-refractivity contribution in [2.75, 3.05) is 33.5 Å². The number of esters is 1. The number of ether oxygens (including phenoxy) is 3. The monoisotopic (exact) mass is 313 g/mol. The third-order valence-corrected chi connectivity index (χ3v) is 4.54. The Morgan fingerprint density at radius 1 is 1.14 bits per heavy atom. The summed E-state index contributed by atoms with van der Waals surface area (Å²) in [5.74, 6) is 0.178. The molecular formula is C16H27NO5. The summed E-state index contributed by atoms with van der Waals surface area (Å²) in [5, 5.41) is 0. The highest BCUT2D eigenvalue weighted by molar-refractivity contribution is 5.72. The summed E-state index contributed by atoms with van der Waals surface area (Å²) in [5.41, 5.74) is 0. The fraction of sp³-hybridized carbons (Fsp3) is 0.875. The molecule has 2 aliphatic rings. The van der Waals surface area contributed by atoms with Crippen LogP contribution in [0.3, 0.4) is 0 Å². The molecule has 1 aliphatic carbocycles. The zero-order chi connectivity index (χ0) is 15.8. The molecule has 126 valence electrons. The molecule has 1 aliphatic heterocycles. The van der Waals surface area contributed by atoms with Gasteiger partial charge in [-0.05, 0) is 25.2 Å². The summed E-state index contributed by atoms with van der Waals surface area (Å²) in [6.07, 6.45) is 6.52. The molecule has 22 heavy (non-hydrogen) atoms. The van der Waals surface area contributed by atoms with Crippen molar-refractivity contribution in [3.05, 3.63) is 0 Å². The maximum absolute atomic E-state index is 12.4. The summed E-state index contributed by atoms with van der Waals surface area (Å²) < 4.78 is 15.6. The van der Waals surface area contributed by atoms with Crippen LogP contribution in [0, 0.1) is 5.92 Å². The molecule has 0 N–H and O–H groups in total. The highest BCUT2D eigenvalue weighted by Gasteiger charge is 2.29. The summed E-state index contributed by atoms with van der Waals surface area (Å²) in [6.45, 7) is 1.98. The Morgan fingerprint density at radius 3 is 2.64 bits per heavy atom. The quantitative estimate of drug-likeness (QED) is 0.745. The predicted octanol–water partition coefficient (Wildman–Crippen LogP) is 2.36. The van der Waals surface area contributed by atoms with Crippen molar-refractivity contribution in [3.8, 4) is 0 Å². The Labute approximate surface area is 132 Å². The Hall–Kier alpha value is -1.30. The smallest absolute Gasteiger partial charge is 0.410 e. The molecule has 1 saturated carbocycles. The van der Waals surface area contributed by atoms with Crippen molar-refractivity contribution < 1.29 is 23.8 Å². The summed E-state index contributed by atoms with van der Waals surface area (Å²) in [7, 11) is 1.36. The molecule has 2 fully saturated rings. The second kappa shape index (κ2) is 8.98. The van der Waals surface area contributed by atoms with E-state index in [1.165, 1.54) is 26.4 Å². The largest absolute Gasteiger partial charge is 0.469 e. The third kappa shape index (κ3) is 5.16. The van der Waals surface area contributed by atoms with Crippen LogP contribution in [0.25, 0.3) is 0 Å². The fourth-order valence-corrected chi connectivity index (χ4v) is 3.18. The molecule has 1 saturated heterocycles. The van der Waals surface area contributed by atoms with Crippen molar-refractivity contribution in [1.29, 1.82) is 0 Å². The van der Waals surface area contributed by atoms with E-state index in [2.05, 4.69) is 0 Å². The molecule has 1 heterocycles. The van der Waals surface area contributed by atoms with Crippen LogP contribution in [0.15, 0.2) is 0 Å². The van der Waals surface area contributed by atoms with Crippen molar-refractivity contribution >= 4 is 12.1 Å². The van der Waals surface area contributed by atoms with Gasteiger partial charge in [-0.2, -0.15) is 0 Å². The normalized spacial score (nSPS) is 23.7. The maximum Gasteiger partial charge on any atom is 0.410 e. The van der Waals surface area contributed by atoms with Gasteiger partial charge in [0.05, 0.1) is 26.7 Å². The van der Waals surface area contributed by atoms with Crippen LogP contribution < -0.4 is 0 Å². The minimum Gasteiger partial charge on any atom is -0.469 e. The lowest BCUT2D eigenvalue weighted by Gasteiger charge is -2.29. The molecule has 0 radical (unpaired) electrons. The van der Waals surface area contributed by atoms with Gasteiger partial charge in [-0.3, -0.25) is 4.79 Å². The molecule has 6 nitrogen and oxygen atoms in total. The topological polar surface area (TPSA) is 65.1 Å². The number of rotatable bonds is 4. The molecule has 1 atom stereocenters. The van der Waals surface area contributed by atoms with E-state index >= 15 is 0 Å². The first kappa shape index (κ1) is 17.1. The lowest BCUT2D eigenvalue weighted by atomic mass is 9.90. The Bertz CT molecular complexity index is 368. The molecule has 0 bridgehead atoms. The van der Waals surface area contributed by atoms with E-state index in [9.17, 15) is 9.59 Å². The van der Waals surface area contributed by atoms with Gasteiger partial charge in [-0.1, -0.05) is 19.3 Å². The highest BCUT2D eigenvalue weighted by atomic mass is 16.6. The minimum absolute atomic E-state index is 0.193. The van der Waals surface area contributed by atoms with Gasteiger partial charge < -0.3 is 19.1 Å². The number of carbonyl (C=O) groups is 2. The van der Waals surface area contributed by atoms with Crippen LogP contribution in [0.1, 0.15) is 44.9 Å². The van der Waals surface area contributed by atoms with Crippen LogP contribution in [-0.4, -0.2) is 56.5 Å². The Kier molecular flexibility index (Phi) is 6.96. The molecule has 1 amide bonds. The van der Waals surface area contributed by atoms with Gasteiger partial charge in [-0.25, -0.2) is 4.79 Å². The van der Waals surface area contributed by atoms with Crippen LogP contribution in [0.5, 0.6) is 0 Å². The van der Waals surface area contributed by atoms with Gasteiger partial charge in [-0.15, -0.1) is 0 Å². The standard InChI is InChI=1S/C16H27NO5/c1-20-15(18)11-14-7-9-21-10-8-17(14)16(19)22-12-13-5-3-2-4-6-13/h13-14H,2-12H2,1H3. The molecular weight excluding hydrogens is 286 g/mol. The zero-order valence-electron chi connectivity index (χ0n) is 13.4. The average Bonchev–Trinajstić information content (AvgIpc) is 2.79. The van der Waals surface area contributed by atoms with Crippen LogP contribution in [0.2, 0.25) is 0 Å². The first-order valence-corrected chi connectivity index (χ1v) is 8.28. The molecule has 2 rings (SSSR count). The maximum atomic E-state index is 12.4. The number of hydrogen-bond donors (Lipinski definition) is 0. The second-order valence-electron chi connectivity index (χ2n) is 6.11. The van der Waals surface area contributed by atoms with E-state index in [4.69, 9.17) is 14.2 Å². The zero-order valence-corrected chi connectivity index (χ0v) is 13.4. The Morgan fingerprint density at radius 2 is 1.91 bits per heavy atom. The molecule has 0 aromatic carbocycles. The van der Waals surface area contributed by atoms with Gasteiger partial charge in [0.2, 0.25) is 0 Å². The first-order chi connectivity index (χ1) is 10.7. The molecule has 1 unspecified atom stereocenters. The molecule has 6 heteroatoms. The summed E-state index contributed by atoms with van der Waals surface area (Å²) in [4.78, 5) is 25.5. The van der Waals surface area contributed by atoms with Crippen molar-refractivity contribution in [1.82, 2.24) is 4.90 Å². The van der Waals surface area contributed by atoms with E-state index in [-0.39, 0.29) is 24.5 Å². The van der Waals surface area contributed by atoms with Gasteiger partial charge in [0, 0.05) is 19.2 Å². The van der Waals surface area contributed by atoms with Crippen LogP contribution >= 0.6 is 0 Å². The lowest BCUT2D eigenvalue weighted by molar-refractivity contribution is -0.141. The summed E-state index contributed by atoms with van der Waals surface area (Å²) >= 11 is 0. The SMILES string of the molecule is COC(=O)CC1CCOCCN1C(=O)OCC1CCCCC1. The number of nitrogens with zero attached hydrogens (tertiary/aromatic N) is 1. The minimum atomic E-state index is -0.329. The van der Waals surface area contributed by atoms with Crippen molar-refractivity contribution in [2.24, 2.45) is 5.92 Å². The van der Waals surface area contributed by atoms with E-state index in [1.54, 1.807) is 4.90 Å². The number of hydrogen-bond acceptors (Lipinski definition) is 5. The molecule has 0 spiro atoms. The van der Waals surface area contributed by atoms with E-state index < -0.39 is 0 Å². The first-order valence-electron chi connectivity index (χ1n) is 8.28. The summed E-state index contributed by atoms with van der Waals surface area (Å²) in [6, 6.07) is -0.200. The third-order valence-electron chi connectivity index (χ3n) is 4.54. The predicted molar refractivity (Wildman–Crippen MR) is 80.5 cm³/mol. The second-order valence-corrected chi connectivity index (χ2v) is 6.11. The van der Waals surface area contributed by atoms with Crippen molar-refractivity contribution in [3.63, 3.8) is 0 Å². The fourth-order valence-electron chi connectivity index (χ4n) is 3.18. The van der Waals surface area contributed by atoms with Crippen molar-refractivity contribution in [2.45, 2.75) is 51.0 Å². The van der Waals surface area contributed by atoms with Gasteiger partial charge in [0.15, 0.2) is 0 Å². The molecule has 0 aromatic heterocycles. The van der Waals surface area contributed by atoms with Crippen LogP contribution in [-0.2, 0) is 19.0 Å². The molecule has 0 aromatic rings. The van der Waals surface area contributed by atoms with Gasteiger partial charge in [0.25, 0.3) is 0 Å². The van der Waals surface area contributed by atoms with Gasteiger partial charge >= 0.3 is 12.1 Å². The van der Waals surface area contributed by atoms with Gasteiger partial charge in [0.1, 0.15) is 0 Å². The number of carbonyl (C=O) groups excluding carboxylic acids is 2. The number of amides is 1. The van der Waals surface area contributed by atoms with E-state index in [0.29, 0.717) is 38.7 Å². The van der Waals surface area contributed by atoms with E-state index in [0.717, 1.165) is 12.8 Å². The average molecular weight is 313 g/mol.